The second-order valence-corrected chi connectivity index (χ2v) is 8.95. The highest BCUT2D eigenvalue weighted by Gasteiger charge is 2.41. The lowest BCUT2D eigenvalue weighted by Crippen LogP contribution is -2.36. The number of aromatic nitrogens is 5. The van der Waals surface area contributed by atoms with Gasteiger partial charge in [-0.3, -0.25) is 9.50 Å². The van der Waals surface area contributed by atoms with Crippen molar-refractivity contribution in [1.82, 2.24) is 29.9 Å². The SMILES string of the molecule is CC(C)NC(=O)O[C@H]1CC[C@@H](c2cc(Nc3ncc(C4CC4)c4nc(C#N)cn34)n[nH]2)[C@@H]1F. The quantitative estimate of drug-likeness (QED) is 0.520. The average Bonchev–Trinajstić information content (AvgIpc) is 3.18. The molecule has 3 N–H and O–H groups in total. The molecule has 0 bridgehead atoms. The van der Waals surface area contributed by atoms with Crippen LogP contribution in [0.15, 0.2) is 18.5 Å². The van der Waals surface area contributed by atoms with Crippen molar-refractivity contribution in [3.8, 4) is 6.07 Å². The number of alkyl halides is 1. The summed E-state index contributed by atoms with van der Waals surface area (Å²) >= 11 is 0. The van der Waals surface area contributed by atoms with E-state index >= 15 is 4.39 Å². The van der Waals surface area contributed by atoms with Crippen molar-refractivity contribution in [1.29, 1.82) is 5.26 Å². The number of anilines is 2. The van der Waals surface area contributed by atoms with E-state index in [4.69, 9.17) is 4.74 Å². The maximum absolute atomic E-state index is 15.0. The van der Waals surface area contributed by atoms with Gasteiger partial charge in [0.2, 0.25) is 5.95 Å². The van der Waals surface area contributed by atoms with E-state index in [-0.39, 0.29) is 6.04 Å². The fraction of sp³-hybridized carbons (Fsp3) is 0.500. The zero-order chi connectivity index (χ0) is 23.1. The molecule has 2 saturated carbocycles. The highest BCUT2D eigenvalue weighted by atomic mass is 19.1. The van der Waals surface area contributed by atoms with Gasteiger partial charge >= 0.3 is 6.09 Å². The lowest BCUT2D eigenvalue weighted by molar-refractivity contribution is 0.0555. The number of hydrogen-bond acceptors (Lipinski definition) is 7. The summed E-state index contributed by atoms with van der Waals surface area (Å²) in [5.74, 6) is 0.922. The van der Waals surface area contributed by atoms with Crippen molar-refractivity contribution in [2.24, 2.45) is 0 Å². The number of nitrogens with zero attached hydrogens (tertiary/aromatic N) is 5. The van der Waals surface area contributed by atoms with Crippen LogP contribution in [0.25, 0.3) is 5.65 Å². The molecule has 0 spiro atoms. The van der Waals surface area contributed by atoms with Gasteiger partial charge in [0.1, 0.15) is 24.0 Å². The molecule has 3 aromatic rings. The molecule has 0 aromatic carbocycles. The van der Waals surface area contributed by atoms with Crippen LogP contribution in [0.1, 0.15) is 68.3 Å². The lowest BCUT2D eigenvalue weighted by atomic mass is 10.0. The smallest absolute Gasteiger partial charge is 0.407 e. The summed E-state index contributed by atoms with van der Waals surface area (Å²) in [5, 5.41) is 22.2. The van der Waals surface area contributed by atoms with Gasteiger partial charge in [0, 0.05) is 35.5 Å². The maximum atomic E-state index is 15.0. The number of aromatic amines is 1. The molecule has 5 rings (SSSR count). The summed E-state index contributed by atoms with van der Waals surface area (Å²) in [7, 11) is 0. The number of alkyl carbamates (subject to hydrolysis) is 1. The van der Waals surface area contributed by atoms with E-state index < -0.39 is 24.3 Å². The third kappa shape index (κ3) is 4.20. The van der Waals surface area contributed by atoms with Gasteiger partial charge in [-0.1, -0.05) is 0 Å². The number of carbonyl (C=O) groups excluding carboxylic acids is 1. The molecule has 0 unspecified atom stereocenters. The molecule has 11 heteroatoms. The Morgan fingerprint density at radius 3 is 2.91 bits per heavy atom. The number of amides is 1. The predicted molar refractivity (Wildman–Crippen MR) is 117 cm³/mol. The summed E-state index contributed by atoms with van der Waals surface area (Å²) in [6.45, 7) is 3.63. The Morgan fingerprint density at radius 2 is 2.18 bits per heavy atom. The van der Waals surface area contributed by atoms with Gasteiger partial charge in [-0.2, -0.15) is 10.4 Å². The Morgan fingerprint density at radius 1 is 1.36 bits per heavy atom. The molecule has 172 valence electrons. The first-order chi connectivity index (χ1) is 15.9. The first-order valence-corrected chi connectivity index (χ1v) is 11.1. The molecular formula is C22H25FN8O2. The zero-order valence-corrected chi connectivity index (χ0v) is 18.4. The Balaban J connectivity index is 1.31. The van der Waals surface area contributed by atoms with Gasteiger partial charge < -0.3 is 15.4 Å². The van der Waals surface area contributed by atoms with Crippen LogP contribution in [0.2, 0.25) is 0 Å². The minimum Gasteiger partial charge on any atom is -0.443 e. The largest absolute Gasteiger partial charge is 0.443 e. The number of rotatable bonds is 6. The number of ether oxygens (including phenoxy) is 1. The molecule has 2 aliphatic rings. The number of carbonyl (C=O) groups is 1. The van der Waals surface area contributed by atoms with Gasteiger partial charge in [-0.15, -0.1) is 0 Å². The third-order valence-electron chi connectivity index (χ3n) is 6.05. The number of nitrogens with one attached hydrogen (secondary N) is 3. The molecule has 2 fully saturated rings. The fourth-order valence-electron chi connectivity index (χ4n) is 4.31. The molecule has 3 aromatic heterocycles. The number of hydrogen-bond donors (Lipinski definition) is 3. The molecule has 10 nitrogen and oxygen atoms in total. The number of imidazole rings is 1. The highest BCUT2D eigenvalue weighted by molar-refractivity contribution is 5.67. The van der Waals surface area contributed by atoms with E-state index in [2.05, 4.69) is 36.9 Å². The van der Waals surface area contributed by atoms with Crippen molar-refractivity contribution in [2.45, 2.75) is 69.7 Å². The zero-order valence-electron chi connectivity index (χ0n) is 18.4. The molecule has 0 radical (unpaired) electrons. The maximum Gasteiger partial charge on any atom is 0.407 e. The highest BCUT2D eigenvalue weighted by Crippen LogP contribution is 2.42. The van der Waals surface area contributed by atoms with Crippen LogP contribution in [0.3, 0.4) is 0 Å². The number of H-pyrrole nitrogens is 1. The molecular weight excluding hydrogens is 427 g/mol. The molecule has 3 heterocycles. The molecule has 33 heavy (non-hydrogen) atoms. The van der Waals surface area contributed by atoms with E-state index in [0.717, 1.165) is 18.4 Å². The Hall–Kier alpha value is -3.68. The molecule has 0 saturated heterocycles. The number of nitriles is 1. The second-order valence-electron chi connectivity index (χ2n) is 8.95. The monoisotopic (exact) mass is 452 g/mol. The first kappa shape index (κ1) is 21.2. The van der Waals surface area contributed by atoms with E-state index in [1.807, 2.05) is 13.8 Å². The fourth-order valence-corrected chi connectivity index (χ4v) is 4.31. The number of halogens is 1. The van der Waals surface area contributed by atoms with Gasteiger partial charge in [-0.05, 0) is 45.4 Å². The van der Waals surface area contributed by atoms with E-state index in [1.165, 1.54) is 0 Å². The summed E-state index contributed by atoms with van der Waals surface area (Å²) in [6, 6.07) is 3.73. The van der Waals surface area contributed by atoms with Crippen LogP contribution < -0.4 is 10.6 Å². The van der Waals surface area contributed by atoms with Crippen LogP contribution >= 0.6 is 0 Å². The minimum atomic E-state index is -1.33. The van der Waals surface area contributed by atoms with Crippen LogP contribution in [0, 0.1) is 11.3 Å². The van der Waals surface area contributed by atoms with Crippen LogP contribution in [-0.4, -0.2) is 49.0 Å². The predicted octanol–water partition coefficient (Wildman–Crippen LogP) is 3.66. The summed E-state index contributed by atoms with van der Waals surface area (Å²) in [5.41, 5.74) is 2.68. The van der Waals surface area contributed by atoms with Crippen molar-refractivity contribution < 1.29 is 13.9 Å². The van der Waals surface area contributed by atoms with Crippen LogP contribution in [0.5, 0.6) is 0 Å². The summed E-state index contributed by atoms with van der Waals surface area (Å²) in [6.07, 6.45) is 3.87. The van der Waals surface area contributed by atoms with Gasteiger partial charge in [0.25, 0.3) is 0 Å². The van der Waals surface area contributed by atoms with E-state index in [0.29, 0.717) is 47.6 Å². The third-order valence-corrected chi connectivity index (χ3v) is 6.05. The van der Waals surface area contributed by atoms with Crippen molar-refractivity contribution >= 4 is 23.5 Å². The standard InChI is InChI=1S/C22H25FN8O2/c1-11(2)26-22(32)33-17-6-5-14(19(17)23)16-7-18(30-29-16)28-21-25-9-15(12-3-4-12)20-27-13(8-24)10-31(20)21/h7,9-12,14,17,19H,3-6H2,1-2H3,(H,26,32)(H2,25,28,29,30)/t14-,17-,19-/m0/s1. The summed E-state index contributed by atoms with van der Waals surface area (Å²) < 4.78 is 22.0. The van der Waals surface area contributed by atoms with Crippen LogP contribution in [-0.2, 0) is 4.74 Å². The molecule has 0 aliphatic heterocycles. The Kier molecular flexibility index (Phi) is 5.36. The van der Waals surface area contributed by atoms with Crippen LogP contribution in [0.4, 0.5) is 21.0 Å². The Labute approximate surface area is 189 Å². The first-order valence-electron chi connectivity index (χ1n) is 11.1. The topological polar surface area (TPSA) is 133 Å². The summed E-state index contributed by atoms with van der Waals surface area (Å²) in [4.78, 5) is 20.8. The van der Waals surface area contributed by atoms with Crippen molar-refractivity contribution in [3.05, 3.63) is 35.4 Å². The van der Waals surface area contributed by atoms with Crippen molar-refractivity contribution in [3.63, 3.8) is 0 Å². The lowest BCUT2D eigenvalue weighted by Gasteiger charge is -2.18. The van der Waals surface area contributed by atoms with Gasteiger partial charge in [0.05, 0.1) is 6.20 Å². The number of fused-ring (bicyclic) bond motifs is 1. The molecule has 1 amide bonds. The Bertz CT molecular complexity index is 1220. The van der Waals surface area contributed by atoms with Crippen molar-refractivity contribution in [2.75, 3.05) is 5.32 Å². The van der Waals surface area contributed by atoms with E-state index in [9.17, 15) is 10.1 Å². The van der Waals surface area contributed by atoms with Gasteiger partial charge in [-0.25, -0.2) is 19.2 Å². The average molecular weight is 452 g/mol. The minimum absolute atomic E-state index is 0.0767. The van der Waals surface area contributed by atoms with E-state index in [1.54, 1.807) is 22.9 Å². The second kappa shape index (κ2) is 8.35. The normalized spacial score (nSPS) is 22.5. The molecule has 2 aliphatic carbocycles. The molecule has 3 atom stereocenters. The van der Waals surface area contributed by atoms with Gasteiger partial charge in [0.15, 0.2) is 11.5 Å².